The molecule has 24 heavy (non-hydrogen) atoms. The fraction of sp³-hybridized carbons (Fsp3) is 0.188. The van der Waals surface area contributed by atoms with E-state index in [0.29, 0.717) is 16.5 Å². The molecule has 2 aromatic rings. The summed E-state index contributed by atoms with van der Waals surface area (Å²) in [6.07, 6.45) is 0. The van der Waals surface area contributed by atoms with Crippen LogP contribution in [-0.2, 0) is 4.79 Å². The summed E-state index contributed by atoms with van der Waals surface area (Å²) in [7, 11) is 1.46. The predicted molar refractivity (Wildman–Crippen MR) is 90.0 cm³/mol. The number of hydrogen-bond donors (Lipinski definition) is 1. The van der Waals surface area contributed by atoms with Gasteiger partial charge in [0.05, 0.1) is 17.7 Å². The molecule has 0 aromatic heterocycles. The van der Waals surface area contributed by atoms with E-state index in [1.165, 1.54) is 25.3 Å². The standard InChI is InChI=1S/C16H15ClN2O5/c1-10-3-5-13(19(21)22)15(7-10)24-9-16(20)18-12-8-11(17)4-6-14(12)23-2/h3-8H,9H2,1-2H3,(H,18,20). The monoisotopic (exact) mass is 350 g/mol. The number of rotatable bonds is 6. The first-order valence-electron chi connectivity index (χ1n) is 6.92. The number of benzene rings is 2. The zero-order valence-electron chi connectivity index (χ0n) is 13.0. The Morgan fingerprint density at radius 3 is 2.67 bits per heavy atom. The maximum atomic E-state index is 12.0. The fourth-order valence-corrected chi connectivity index (χ4v) is 2.17. The molecule has 0 heterocycles. The zero-order chi connectivity index (χ0) is 17.7. The molecule has 0 unspecified atom stereocenters. The van der Waals surface area contributed by atoms with Gasteiger partial charge in [0.1, 0.15) is 5.75 Å². The molecule has 126 valence electrons. The van der Waals surface area contributed by atoms with Crippen LogP contribution in [0.15, 0.2) is 36.4 Å². The van der Waals surface area contributed by atoms with Gasteiger partial charge in [0.2, 0.25) is 0 Å². The number of nitrogens with one attached hydrogen (secondary N) is 1. The molecule has 0 fully saturated rings. The number of halogens is 1. The summed E-state index contributed by atoms with van der Waals surface area (Å²) in [6.45, 7) is 1.38. The van der Waals surface area contributed by atoms with Gasteiger partial charge in [-0.05, 0) is 36.8 Å². The van der Waals surface area contributed by atoms with Crippen molar-refractivity contribution in [1.29, 1.82) is 0 Å². The first-order valence-corrected chi connectivity index (χ1v) is 7.29. The number of hydrogen-bond acceptors (Lipinski definition) is 5. The van der Waals surface area contributed by atoms with Gasteiger partial charge in [-0.2, -0.15) is 0 Å². The Hall–Kier alpha value is -2.80. The van der Waals surface area contributed by atoms with Gasteiger partial charge >= 0.3 is 5.69 Å². The summed E-state index contributed by atoms with van der Waals surface area (Å²) in [5.41, 5.74) is 0.971. The topological polar surface area (TPSA) is 90.7 Å². The molecule has 1 N–H and O–H groups in total. The van der Waals surface area contributed by atoms with E-state index in [0.717, 1.165) is 5.56 Å². The van der Waals surface area contributed by atoms with Crippen LogP contribution in [0.3, 0.4) is 0 Å². The highest BCUT2D eigenvalue weighted by atomic mass is 35.5. The second kappa shape index (κ2) is 7.65. The van der Waals surface area contributed by atoms with Gasteiger partial charge < -0.3 is 14.8 Å². The molecule has 0 saturated carbocycles. The lowest BCUT2D eigenvalue weighted by Gasteiger charge is -2.11. The zero-order valence-corrected chi connectivity index (χ0v) is 13.8. The fourth-order valence-electron chi connectivity index (χ4n) is 2.00. The molecule has 7 nitrogen and oxygen atoms in total. The molecule has 0 aliphatic heterocycles. The minimum absolute atomic E-state index is 0.0354. The van der Waals surface area contributed by atoms with Crippen LogP contribution in [0.25, 0.3) is 0 Å². The maximum absolute atomic E-state index is 12.0. The average molecular weight is 351 g/mol. The number of ether oxygens (including phenoxy) is 2. The molecule has 0 atom stereocenters. The van der Waals surface area contributed by atoms with E-state index in [9.17, 15) is 14.9 Å². The molecule has 0 aliphatic rings. The van der Waals surface area contributed by atoms with Crippen molar-refractivity contribution >= 4 is 28.9 Å². The Kier molecular flexibility index (Phi) is 5.59. The van der Waals surface area contributed by atoms with E-state index in [1.807, 2.05) is 0 Å². The number of aryl methyl sites for hydroxylation is 1. The Morgan fingerprint density at radius 1 is 1.25 bits per heavy atom. The summed E-state index contributed by atoms with van der Waals surface area (Å²) >= 11 is 5.89. The van der Waals surface area contributed by atoms with Crippen LogP contribution >= 0.6 is 11.6 Å². The molecular formula is C16H15ClN2O5. The number of amides is 1. The van der Waals surface area contributed by atoms with Gasteiger partial charge in [0.15, 0.2) is 12.4 Å². The normalized spacial score (nSPS) is 10.1. The third kappa shape index (κ3) is 4.36. The van der Waals surface area contributed by atoms with E-state index in [4.69, 9.17) is 21.1 Å². The van der Waals surface area contributed by atoms with Crippen LogP contribution in [0.4, 0.5) is 11.4 Å². The number of nitro benzene ring substituents is 1. The van der Waals surface area contributed by atoms with Gasteiger partial charge in [0.25, 0.3) is 5.91 Å². The maximum Gasteiger partial charge on any atom is 0.310 e. The smallest absolute Gasteiger partial charge is 0.310 e. The molecule has 0 saturated heterocycles. The minimum Gasteiger partial charge on any atom is -0.495 e. The van der Waals surface area contributed by atoms with Crippen molar-refractivity contribution < 1.29 is 19.2 Å². The van der Waals surface area contributed by atoms with Gasteiger partial charge in [-0.15, -0.1) is 0 Å². The van der Waals surface area contributed by atoms with E-state index in [-0.39, 0.29) is 18.0 Å². The SMILES string of the molecule is COc1ccc(Cl)cc1NC(=O)COc1cc(C)ccc1[N+](=O)[O-]. The van der Waals surface area contributed by atoms with Gasteiger partial charge in [-0.1, -0.05) is 17.7 Å². The first-order chi connectivity index (χ1) is 11.4. The highest BCUT2D eigenvalue weighted by Gasteiger charge is 2.16. The first kappa shape index (κ1) is 17.6. The number of nitro groups is 1. The Balaban J connectivity index is 2.08. The second-order valence-electron chi connectivity index (χ2n) is 4.91. The van der Waals surface area contributed by atoms with E-state index in [1.54, 1.807) is 25.1 Å². The van der Waals surface area contributed by atoms with E-state index in [2.05, 4.69) is 5.32 Å². The van der Waals surface area contributed by atoms with Crippen molar-refractivity contribution in [1.82, 2.24) is 0 Å². The second-order valence-corrected chi connectivity index (χ2v) is 5.35. The van der Waals surface area contributed by atoms with Crippen molar-refractivity contribution in [2.75, 3.05) is 19.0 Å². The number of carbonyl (C=O) groups is 1. The lowest BCUT2D eigenvalue weighted by atomic mass is 10.2. The third-order valence-electron chi connectivity index (χ3n) is 3.11. The summed E-state index contributed by atoms with van der Waals surface area (Å²) in [5, 5.41) is 14.0. The summed E-state index contributed by atoms with van der Waals surface area (Å²) < 4.78 is 10.4. The molecule has 1 amide bonds. The molecule has 2 aromatic carbocycles. The van der Waals surface area contributed by atoms with Gasteiger partial charge in [-0.3, -0.25) is 14.9 Å². The number of nitrogens with zero attached hydrogens (tertiary/aromatic N) is 1. The van der Waals surface area contributed by atoms with Crippen LogP contribution in [0.5, 0.6) is 11.5 Å². The molecule has 0 aliphatic carbocycles. The van der Waals surface area contributed by atoms with Crippen molar-refractivity contribution in [2.45, 2.75) is 6.92 Å². The average Bonchev–Trinajstić information content (AvgIpc) is 2.53. The Bertz CT molecular complexity index is 779. The van der Waals surface area contributed by atoms with Crippen molar-refractivity contribution in [3.05, 3.63) is 57.1 Å². The summed E-state index contributed by atoms with van der Waals surface area (Å²) in [4.78, 5) is 22.4. The highest BCUT2D eigenvalue weighted by Crippen LogP contribution is 2.29. The molecule has 8 heteroatoms. The molecule has 0 bridgehead atoms. The number of anilines is 1. The highest BCUT2D eigenvalue weighted by molar-refractivity contribution is 6.31. The lowest BCUT2D eigenvalue weighted by molar-refractivity contribution is -0.385. The van der Waals surface area contributed by atoms with Crippen LogP contribution in [0.2, 0.25) is 5.02 Å². The number of methoxy groups -OCH3 is 1. The van der Waals surface area contributed by atoms with Crippen LogP contribution in [0, 0.1) is 17.0 Å². The van der Waals surface area contributed by atoms with Crippen LogP contribution < -0.4 is 14.8 Å². The van der Waals surface area contributed by atoms with Crippen molar-refractivity contribution in [3.8, 4) is 11.5 Å². The molecular weight excluding hydrogens is 336 g/mol. The summed E-state index contributed by atoms with van der Waals surface area (Å²) in [6, 6.07) is 9.22. The minimum atomic E-state index is -0.563. The Morgan fingerprint density at radius 2 is 2.00 bits per heavy atom. The van der Waals surface area contributed by atoms with Crippen molar-refractivity contribution in [2.24, 2.45) is 0 Å². The molecule has 0 radical (unpaired) electrons. The van der Waals surface area contributed by atoms with E-state index < -0.39 is 10.8 Å². The van der Waals surface area contributed by atoms with Crippen molar-refractivity contribution in [3.63, 3.8) is 0 Å². The summed E-state index contributed by atoms with van der Waals surface area (Å²) in [5.74, 6) is -0.0196. The molecule has 2 rings (SSSR count). The predicted octanol–water partition coefficient (Wildman–Crippen LogP) is 3.58. The van der Waals surface area contributed by atoms with E-state index >= 15 is 0 Å². The Labute approximate surface area is 143 Å². The van der Waals surface area contributed by atoms with Gasteiger partial charge in [0, 0.05) is 11.1 Å². The third-order valence-corrected chi connectivity index (χ3v) is 3.34. The quantitative estimate of drug-likeness (QED) is 0.635. The number of carbonyl (C=O) groups excluding carboxylic acids is 1. The van der Waals surface area contributed by atoms with Crippen LogP contribution in [-0.4, -0.2) is 24.5 Å². The van der Waals surface area contributed by atoms with Gasteiger partial charge in [-0.25, -0.2) is 0 Å². The largest absolute Gasteiger partial charge is 0.495 e. The lowest BCUT2D eigenvalue weighted by Crippen LogP contribution is -2.20. The molecule has 0 spiro atoms. The van der Waals surface area contributed by atoms with Crippen LogP contribution in [0.1, 0.15) is 5.56 Å².